The van der Waals surface area contributed by atoms with Crippen molar-refractivity contribution in [2.75, 3.05) is 5.73 Å². The standard InChI is InChI=1S/C17H18BrNO/c1-17(2,13-7-9-14(19)10-8-13)16(20)11-12-5-3-4-6-15(12)18/h3-10H,11,19H2,1-2H3. The number of carbonyl (C=O) groups excluding carboxylic acids is 1. The molecule has 0 spiro atoms. The maximum atomic E-state index is 12.6. The normalized spacial score (nSPS) is 11.3. The van der Waals surface area contributed by atoms with Gasteiger partial charge in [0.1, 0.15) is 5.78 Å². The second kappa shape index (κ2) is 5.80. The van der Waals surface area contributed by atoms with Crippen molar-refractivity contribution in [3.8, 4) is 0 Å². The fraction of sp³-hybridized carbons (Fsp3) is 0.235. The molecule has 104 valence electrons. The summed E-state index contributed by atoms with van der Waals surface area (Å²) in [6.45, 7) is 3.91. The van der Waals surface area contributed by atoms with Gasteiger partial charge >= 0.3 is 0 Å². The molecule has 0 aliphatic carbocycles. The molecule has 0 saturated heterocycles. The van der Waals surface area contributed by atoms with Gasteiger partial charge in [-0.2, -0.15) is 0 Å². The molecule has 2 aromatic carbocycles. The molecule has 0 bridgehead atoms. The van der Waals surface area contributed by atoms with Crippen molar-refractivity contribution in [3.63, 3.8) is 0 Å². The lowest BCUT2D eigenvalue weighted by Gasteiger charge is -2.24. The fourth-order valence-electron chi connectivity index (χ4n) is 2.10. The van der Waals surface area contributed by atoms with E-state index in [0.29, 0.717) is 12.1 Å². The second-order valence-electron chi connectivity index (χ2n) is 5.44. The average molecular weight is 332 g/mol. The summed E-state index contributed by atoms with van der Waals surface area (Å²) in [4.78, 5) is 12.6. The zero-order valence-corrected chi connectivity index (χ0v) is 13.3. The third kappa shape index (κ3) is 3.10. The SMILES string of the molecule is CC(C)(C(=O)Cc1ccccc1Br)c1ccc(N)cc1. The first-order chi connectivity index (χ1) is 9.41. The first-order valence-corrected chi connectivity index (χ1v) is 7.33. The van der Waals surface area contributed by atoms with Crippen molar-refractivity contribution in [2.45, 2.75) is 25.7 Å². The van der Waals surface area contributed by atoms with Gasteiger partial charge in [0.2, 0.25) is 0 Å². The van der Waals surface area contributed by atoms with Crippen LogP contribution in [0, 0.1) is 0 Å². The van der Waals surface area contributed by atoms with E-state index in [-0.39, 0.29) is 5.78 Å². The molecule has 3 heteroatoms. The molecule has 0 aromatic heterocycles. The number of Topliss-reactive ketones (excluding diaryl/α,β-unsaturated/α-hetero) is 1. The van der Waals surface area contributed by atoms with Gasteiger partial charge in [-0.1, -0.05) is 46.3 Å². The summed E-state index contributed by atoms with van der Waals surface area (Å²) in [5.41, 5.74) is 7.89. The molecule has 0 amide bonds. The molecule has 2 N–H and O–H groups in total. The van der Waals surface area contributed by atoms with E-state index in [9.17, 15) is 4.79 Å². The molecule has 0 unspecified atom stereocenters. The predicted molar refractivity (Wildman–Crippen MR) is 86.7 cm³/mol. The molecule has 0 fully saturated rings. The summed E-state index contributed by atoms with van der Waals surface area (Å²) in [5.74, 6) is 0.189. The summed E-state index contributed by atoms with van der Waals surface area (Å²) in [6, 6.07) is 15.3. The number of carbonyl (C=O) groups is 1. The molecular formula is C17H18BrNO. The summed E-state index contributed by atoms with van der Waals surface area (Å²) in [5, 5.41) is 0. The minimum Gasteiger partial charge on any atom is -0.399 e. The highest BCUT2D eigenvalue weighted by Crippen LogP contribution is 2.28. The highest BCUT2D eigenvalue weighted by atomic mass is 79.9. The van der Waals surface area contributed by atoms with Crippen molar-refractivity contribution in [2.24, 2.45) is 0 Å². The van der Waals surface area contributed by atoms with Crippen LogP contribution >= 0.6 is 15.9 Å². The van der Waals surface area contributed by atoms with Crippen LogP contribution in [0.5, 0.6) is 0 Å². The summed E-state index contributed by atoms with van der Waals surface area (Å²) >= 11 is 3.49. The molecule has 20 heavy (non-hydrogen) atoms. The number of hydrogen-bond acceptors (Lipinski definition) is 2. The third-order valence-corrected chi connectivity index (χ3v) is 4.41. The van der Waals surface area contributed by atoms with E-state index < -0.39 is 5.41 Å². The van der Waals surface area contributed by atoms with Crippen molar-refractivity contribution < 1.29 is 4.79 Å². The minimum absolute atomic E-state index is 0.189. The van der Waals surface area contributed by atoms with Crippen LogP contribution in [0.4, 0.5) is 5.69 Å². The Morgan fingerprint density at radius 3 is 2.30 bits per heavy atom. The lowest BCUT2D eigenvalue weighted by atomic mass is 9.78. The van der Waals surface area contributed by atoms with Crippen LogP contribution < -0.4 is 5.73 Å². The number of nitrogen functional groups attached to an aromatic ring is 1. The zero-order valence-electron chi connectivity index (χ0n) is 11.7. The van der Waals surface area contributed by atoms with Gasteiger partial charge in [0.15, 0.2) is 0 Å². The number of ketones is 1. The summed E-state index contributed by atoms with van der Waals surface area (Å²) in [6.07, 6.45) is 0.415. The van der Waals surface area contributed by atoms with Crippen LogP contribution in [0.25, 0.3) is 0 Å². The smallest absolute Gasteiger partial charge is 0.147 e. The molecule has 2 rings (SSSR count). The lowest BCUT2D eigenvalue weighted by Crippen LogP contribution is -2.30. The van der Waals surface area contributed by atoms with Crippen LogP contribution in [-0.2, 0) is 16.6 Å². The van der Waals surface area contributed by atoms with Gasteiger partial charge < -0.3 is 5.73 Å². The Balaban J connectivity index is 2.23. The van der Waals surface area contributed by atoms with Crippen LogP contribution in [-0.4, -0.2) is 5.78 Å². The van der Waals surface area contributed by atoms with E-state index >= 15 is 0 Å². The van der Waals surface area contributed by atoms with E-state index in [4.69, 9.17) is 5.73 Å². The maximum Gasteiger partial charge on any atom is 0.147 e. The Kier molecular flexibility index (Phi) is 4.29. The number of halogens is 1. The van der Waals surface area contributed by atoms with Crippen LogP contribution in [0.3, 0.4) is 0 Å². The molecule has 0 aliphatic heterocycles. The number of anilines is 1. The van der Waals surface area contributed by atoms with Crippen molar-refractivity contribution in [1.29, 1.82) is 0 Å². The highest BCUT2D eigenvalue weighted by Gasteiger charge is 2.29. The van der Waals surface area contributed by atoms with E-state index in [1.165, 1.54) is 0 Å². The maximum absolute atomic E-state index is 12.6. The fourth-order valence-corrected chi connectivity index (χ4v) is 2.52. The van der Waals surface area contributed by atoms with Crippen LogP contribution in [0.15, 0.2) is 53.0 Å². The van der Waals surface area contributed by atoms with Crippen LogP contribution in [0.1, 0.15) is 25.0 Å². The Bertz CT molecular complexity index is 617. The van der Waals surface area contributed by atoms with Crippen molar-refractivity contribution in [3.05, 3.63) is 64.1 Å². The van der Waals surface area contributed by atoms with Crippen molar-refractivity contribution >= 4 is 27.4 Å². The number of hydrogen-bond donors (Lipinski definition) is 1. The van der Waals surface area contributed by atoms with Gasteiger partial charge in [-0.05, 0) is 43.2 Å². The van der Waals surface area contributed by atoms with E-state index in [1.54, 1.807) is 0 Å². The van der Waals surface area contributed by atoms with Gasteiger partial charge in [0, 0.05) is 22.0 Å². The summed E-state index contributed by atoms with van der Waals surface area (Å²) < 4.78 is 0.974. The van der Waals surface area contributed by atoms with E-state index in [1.807, 2.05) is 62.4 Å². The lowest BCUT2D eigenvalue weighted by molar-refractivity contribution is -0.122. The van der Waals surface area contributed by atoms with Gasteiger partial charge in [0.25, 0.3) is 0 Å². The van der Waals surface area contributed by atoms with Crippen molar-refractivity contribution in [1.82, 2.24) is 0 Å². The Morgan fingerprint density at radius 1 is 1.10 bits per heavy atom. The first-order valence-electron chi connectivity index (χ1n) is 6.54. The highest BCUT2D eigenvalue weighted by molar-refractivity contribution is 9.10. The monoisotopic (exact) mass is 331 g/mol. The van der Waals surface area contributed by atoms with E-state index in [0.717, 1.165) is 15.6 Å². The second-order valence-corrected chi connectivity index (χ2v) is 6.29. The topological polar surface area (TPSA) is 43.1 Å². The molecule has 0 aliphatic rings. The number of benzene rings is 2. The predicted octanol–water partition coefficient (Wildman–Crippen LogP) is 4.12. The Morgan fingerprint density at radius 2 is 1.70 bits per heavy atom. The number of nitrogens with two attached hydrogens (primary N) is 1. The minimum atomic E-state index is -0.525. The molecule has 2 nitrogen and oxygen atoms in total. The Labute approximate surface area is 128 Å². The third-order valence-electron chi connectivity index (χ3n) is 3.64. The quantitative estimate of drug-likeness (QED) is 0.856. The first kappa shape index (κ1) is 14.8. The zero-order chi connectivity index (χ0) is 14.8. The largest absolute Gasteiger partial charge is 0.399 e. The molecule has 0 saturated carbocycles. The van der Waals surface area contributed by atoms with E-state index in [2.05, 4.69) is 15.9 Å². The molecule has 0 atom stereocenters. The van der Waals surface area contributed by atoms with Gasteiger partial charge in [-0.3, -0.25) is 4.79 Å². The van der Waals surface area contributed by atoms with Gasteiger partial charge in [-0.15, -0.1) is 0 Å². The molecule has 0 heterocycles. The Hall–Kier alpha value is -1.61. The van der Waals surface area contributed by atoms with Gasteiger partial charge in [0.05, 0.1) is 0 Å². The van der Waals surface area contributed by atoms with Crippen LogP contribution in [0.2, 0.25) is 0 Å². The molecule has 0 radical (unpaired) electrons. The molecule has 2 aromatic rings. The number of rotatable bonds is 4. The van der Waals surface area contributed by atoms with Gasteiger partial charge in [-0.25, -0.2) is 0 Å². The average Bonchev–Trinajstić information content (AvgIpc) is 2.41. The summed E-state index contributed by atoms with van der Waals surface area (Å²) in [7, 11) is 0. The molecular weight excluding hydrogens is 314 g/mol.